The molecule has 5 nitrogen and oxygen atoms in total. The fourth-order valence-corrected chi connectivity index (χ4v) is 4.12. The minimum atomic E-state index is -0.419. The van der Waals surface area contributed by atoms with Crippen LogP contribution in [-0.4, -0.2) is 16.0 Å². The molecule has 31 heavy (non-hydrogen) atoms. The number of amides is 1. The molecule has 0 fully saturated rings. The van der Waals surface area contributed by atoms with Gasteiger partial charge in [-0.2, -0.15) is 0 Å². The molecule has 0 radical (unpaired) electrons. The first-order chi connectivity index (χ1) is 14.8. The van der Waals surface area contributed by atoms with E-state index in [0.29, 0.717) is 43.9 Å². The van der Waals surface area contributed by atoms with Crippen LogP contribution >= 0.6 is 67.3 Å². The van der Waals surface area contributed by atoms with E-state index in [2.05, 4.69) is 47.5 Å². The van der Waals surface area contributed by atoms with Gasteiger partial charge in [-0.1, -0.05) is 55.1 Å². The number of hydrogen-bond acceptors (Lipinski definition) is 4. The van der Waals surface area contributed by atoms with E-state index in [9.17, 15) is 4.79 Å². The molecule has 1 aromatic heterocycles. The van der Waals surface area contributed by atoms with Gasteiger partial charge in [-0.15, -0.1) is 0 Å². The zero-order valence-electron chi connectivity index (χ0n) is 15.4. The highest BCUT2D eigenvalue weighted by Gasteiger charge is 2.15. The SMILES string of the molecule is O=C(NC(=S)Nc1ccc2oc(-c3cc(Br)ccc3Cl)nc2c1)c1cc(Br)ccc1Cl. The molecule has 1 amide bonds. The number of nitrogens with zero attached hydrogens (tertiary/aromatic N) is 1. The van der Waals surface area contributed by atoms with Crippen LogP contribution in [0, 0.1) is 0 Å². The number of anilines is 1. The maximum absolute atomic E-state index is 12.5. The molecule has 0 saturated carbocycles. The van der Waals surface area contributed by atoms with Crippen molar-refractivity contribution in [3.63, 3.8) is 0 Å². The predicted molar refractivity (Wildman–Crippen MR) is 135 cm³/mol. The van der Waals surface area contributed by atoms with E-state index >= 15 is 0 Å². The monoisotopic (exact) mass is 597 g/mol. The van der Waals surface area contributed by atoms with Crippen molar-refractivity contribution < 1.29 is 9.21 Å². The molecular weight excluding hydrogens is 589 g/mol. The summed E-state index contributed by atoms with van der Waals surface area (Å²) in [5.41, 5.74) is 2.82. The molecule has 0 saturated heterocycles. The van der Waals surface area contributed by atoms with Gasteiger partial charge in [0.25, 0.3) is 5.91 Å². The van der Waals surface area contributed by atoms with E-state index < -0.39 is 5.91 Å². The molecule has 1 heterocycles. The van der Waals surface area contributed by atoms with Gasteiger partial charge < -0.3 is 9.73 Å². The third-order valence-electron chi connectivity index (χ3n) is 4.20. The Labute approximate surface area is 209 Å². The van der Waals surface area contributed by atoms with Crippen molar-refractivity contribution in [2.24, 2.45) is 0 Å². The van der Waals surface area contributed by atoms with Gasteiger partial charge in [0.1, 0.15) is 5.52 Å². The number of thiocarbonyl (C=S) groups is 1. The number of rotatable bonds is 3. The Hall–Kier alpha value is -1.97. The second kappa shape index (κ2) is 9.26. The summed E-state index contributed by atoms with van der Waals surface area (Å²) in [5.74, 6) is -0.0171. The summed E-state index contributed by atoms with van der Waals surface area (Å²) in [6, 6.07) is 15.7. The lowest BCUT2D eigenvalue weighted by atomic mass is 10.2. The third kappa shape index (κ3) is 5.10. The van der Waals surface area contributed by atoms with Gasteiger partial charge >= 0.3 is 0 Å². The number of hydrogen-bond donors (Lipinski definition) is 2. The second-order valence-electron chi connectivity index (χ2n) is 6.36. The molecule has 0 atom stereocenters. The number of carbonyl (C=O) groups is 1. The van der Waals surface area contributed by atoms with Gasteiger partial charge in [0.2, 0.25) is 5.89 Å². The van der Waals surface area contributed by atoms with Gasteiger partial charge in [-0.25, -0.2) is 4.98 Å². The normalized spacial score (nSPS) is 10.8. The van der Waals surface area contributed by atoms with E-state index in [0.717, 1.165) is 8.95 Å². The molecule has 0 bridgehead atoms. The second-order valence-corrected chi connectivity index (χ2v) is 9.41. The highest BCUT2D eigenvalue weighted by atomic mass is 79.9. The molecule has 0 aliphatic carbocycles. The lowest BCUT2D eigenvalue weighted by Gasteiger charge is -2.10. The third-order valence-corrected chi connectivity index (χ3v) is 6.05. The van der Waals surface area contributed by atoms with E-state index in [1.807, 2.05) is 12.1 Å². The minimum Gasteiger partial charge on any atom is -0.436 e. The quantitative estimate of drug-likeness (QED) is 0.239. The Morgan fingerprint density at radius 1 is 0.968 bits per heavy atom. The summed E-state index contributed by atoms with van der Waals surface area (Å²) < 4.78 is 7.43. The summed E-state index contributed by atoms with van der Waals surface area (Å²) in [6.45, 7) is 0. The standard InChI is InChI=1S/C21H11Br2Cl2N3O2S/c22-10-1-4-15(24)13(7-10)19(29)28-21(31)26-12-3-6-18-17(9-12)27-20(30-18)14-8-11(23)2-5-16(14)25/h1-9H,(H2,26,28,29,31). The van der Waals surface area contributed by atoms with Crippen LogP contribution in [0.15, 0.2) is 68.0 Å². The Balaban J connectivity index is 1.52. The van der Waals surface area contributed by atoms with Gasteiger partial charge in [0.05, 0.1) is 21.2 Å². The van der Waals surface area contributed by atoms with Crippen molar-refractivity contribution >= 4 is 95.1 Å². The number of benzene rings is 3. The summed E-state index contributed by atoms with van der Waals surface area (Å²) >= 11 is 24.4. The molecule has 0 unspecified atom stereocenters. The Bertz CT molecular complexity index is 1340. The van der Waals surface area contributed by atoms with E-state index in [4.69, 9.17) is 39.8 Å². The highest BCUT2D eigenvalue weighted by molar-refractivity contribution is 9.10. The van der Waals surface area contributed by atoms with Crippen LogP contribution in [0.1, 0.15) is 10.4 Å². The fourth-order valence-electron chi connectivity index (χ4n) is 2.79. The maximum Gasteiger partial charge on any atom is 0.258 e. The molecule has 2 N–H and O–H groups in total. The number of oxazole rings is 1. The summed E-state index contributed by atoms with van der Waals surface area (Å²) in [7, 11) is 0. The molecule has 3 aromatic carbocycles. The number of fused-ring (bicyclic) bond motifs is 1. The van der Waals surface area contributed by atoms with Crippen LogP contribution in [0.25, 0.3) is 22.6 Å². The van der Waals surface area contributed by atoms with Crippen LogP contribution < -0.4 is 10.6 Å². The molecule has 4 rings (SSSR count). The number of carbonyl (C=O) groups excluding carboxylic acids is 1. The Morgan fingerprint density at radius 2 is 1.68 bits per heavy atom. The number of halogens is 4. The summed E-state index contributed by atoms with van der Waals surface area (Å²) in [5, 5.41) is 6.56. The molecule has 4 aromatic rings. The molecule has 0 aliphatic rings. The number of aromatic nitrogens is 1. The molecule has 10 heteroatoms. The number of nitrogens with one attached hydrogen (secondary N) is 2. The average molecular weight is 600 g/mol. The first kappa shape index (κ1) is 22.2. The molecular formula is C21H11Br2Cl2N3O2S. The first-order valence-electron chi connectivity index (χ1n) is 8.73. The summed E-state index contributed by atoms with van der Waals surface area (Å²) in [4.78, 5) is 17.0. The van der Waals surface area contributed by atoms with Crippen molar-refractivity contribution in [2.45, 2.75) is 0 Å². The Morgan fingerprint density at radius 3 is 2.45 bits per heavy atom. The smallest absolute Gasteiger partial charge is 0.258 e. The van der Waals surface area contributed by atoms with Crippen molar-refractivity contribution in [3.8, 4) is 11.5 Å². The minimum absolute atomic E-state index is 0.124. The van der Waals surface area contributed by atoms with Gasteiger partial charge in [-0.05, 0) is 66.8 Å². The van der Waals surface area contributed by atoms with Crippen LogP contribution in [-0.2, 0) is 0 Å². The maximum atomic E-state index is 12.5. The zero-order chi connectivity index (χ0) is 22.1. The topological polar surface area (TPSA) is 67.2 Å². The van der Waals surface area contributed by atoms with Crippen molar-refractivity contribution in [1.29, 1.82) is 0 Å². The molecule has 0 spiro atoms. The fraction of sp³-hybridized carbons (Fsp3) is 0. The zero-order valence-corrected chi connectivity index (χ0v) is 20.9. The van der Waals surface area contributed by atoms with Gasteiger partial charge in [-0.3, -0.25) is 10.1 Å². The van der Waals surface area contributed by atoms with Crippen molar-refractivity contribution in [1.82, 2.24) is 10.3 Å². The van der Waals surface area contributed by atoms with E-state index in [-0.39, 0.29) is 5.11 Å². The largest absolute Gasteiger partial charge is 0.436 e. The highest BCUT2D eigenvalue weighted by Crippen LogP contribution is 2.33. The van der Waals surface area contributed by atoms with Crippen LogP contribution in [0.4, 0.5) is 5.69 Å². The van der Waals surface area contributed by atoms with Crippen molar-refractivity contribution in [2.75, 3.05) is 5.32 Å². The van der Waals surface area contributed by atoms with Crippen molar-refractivity contribution in [3.05, 3.63) is 79.2 Å². The van der Waals surface area contributed by atoms with Gasteiger partial charge in [0, 0.05) is 14.6 Å². The lowest BCUT2D eigenvalue weighted by Crippen LogP contribution is -2.34. The van der Waals surface area contributed by atoms with Crippen LogP contribution in [0.2, 0.25) is 10.0 Å². The average Bonchev–Trinajstić information content (AvgIpc) is 3.14. The van der Waals surface area contributed by atoms with Gasteiger partial charge in [0.15, 0.2) is 10.7 Å². The molecule has 0 aliphatic heterocycles. The Kier molecular flexibility index (Phi) is 6.64. The van der Waals surface area contributed by atoms with Crippen LogP contribution in [0.3, 0.4) is 0 Å². The predicted octanol–water partition coefficient (Wildman–Crippen LogP) is 7.45. The lowest BCUT2D eigenvalue weighted by molar-refractivity contribution is 0.0978. The van der Waals surface area contributed by atoms with E-state index in [1.54, 1.807) is 42.5 Å². The first-order valence-corrected chi connectivity index (χ1v) is 11.5. The van der Waals surface area contributed by atoms with Crippen LogP contribution in [0.5, 0.6) is 0 Å². The summed E-state index contributed by atoms with van der Waals surface area (Å²) in [6.07, 6.45) is 0. The van der Waals surface area contributed by atoms with E-state index in [1.165, 1.54) is 0 Å². The molecule has 156 valence electrons.